The zero-order chi connectivity index (χ0) is 17.1. The van der Waals surface area contributed by atoms with Gasteiger partial charge in [0.15, 0.2) is 0 Å². The van der Waals surface area contributed by atoms with Crippen LogP contribution in [-0.2, 0) is 17.9 Å². The molecule has 0 aliphatic carbocycles. The topological polar surface area (TPSA) is 68.9 Å². The molecule has 0 saturated heterocycles. The summed E-state index contributed by atoms with van der Waals surface area (Å²) in [5.41, 5.74) is 2.94. The minimum absolute atomic E-state index is 0.0131. The standard InChI is InChI=1S/C17H20N4O2S/c1-12-11-24-17(23)20(12)9-7-16(22)18-8-10-21-13(2)19-14-5-3-4-6-15(14)21/h3-6,11H,7-10H2,1-2H3,(H,18,22). The Morgan fingerprint density at radius 1 is 1.21 bits per heavy atom. The second-order valence-electron chi connectivity index (χ2n) is 5.69. The lowest BCUT2D eigenvalue weighted by Crippen LogP contribution is -2.29. The number of carbonyl (C=O) groups excluding carboxylic acids is 1. The summed E-state index contributed by atoms with van der Waals surface area (Å²) >= 11 is 1.17. The molecule has 0 atom stereocenters. The van der Waals surface area contributed by atoms with Crippen LogP contribution in [0.2, 0.25) is 0 Å². The number of benzene rings is 1. The number of hydrogen-bond acceptors (Lipinski definition) is 4. The SMILES string of the molecule is Cc1csc(=O)n1CCC(=O)NCCn1c(C)nc2ccccc21. The number of aromatic nitrogens is 3. The third kappa shape index (κ3) is 3.41. The lowest BCUT2D eigenvalue weighted by atomic mass is 10.3. The summed E-state index contributed by atoms with van der Waals surface area (Å²) in [4.78, 5) is 28.1. The number of hydrogen-bond donors (Lipinski definition) is 1. The maximum atomic E-state index is 12.0. The van der Waals surface area contributed by atoms with E-state index in [2.05, 4.69) is 14.9 Å². The molecule has 24 heavy (non-hydrogen) atoms. The monoisotopic (exact) mass is 344 g/mol. The average Bonchev–Trinajstić information content (AvgIpc) is 3.05. The van der Waals surface area contributed by atoms with Crippen LogP contribution in [0.3, 0.4) is 0 Å². The molecule has 0 bridgehead atoms. The highest BCUT2D eigenvalue weighted by Crippen LogP contribution is 2.14. The van der Waals surface area contributed by atoms with Crippen LogP contribution in [0, 0.1) is 13.8 Å². The molecular formula is C17H20N4O2S. The Labute approximate surface area is 143 Å². The van der Waals surface area contributed by atoms with Gasteiger partial charge in [-0.15, -0.1) is 0 Å². The Bertz CT molecular complexity index is 922. The van der Waals surface area contributed by atoms with Gasteiger partial charge in [-0.1, -0.05) is 23.5 Å². The normalized spacial score (nSPS) is 11.1. The molecule has 0 radical (unpaired) electrons. The molecule has 3 aromatic rings. The maximum Gasteiger partial charge on any atom is 0.307 e. The van der Waals surface area contributed by atoms with Gasteiger partial charge in [-0.05, 0) is 26.0 Å². The molecule has 2 heterocycles. The molecule has 7 heteroatoms. The second-order valence-corrected chi connectivity index (χ2v) is 6.51. The lowest BCUT2D eigenvalue weighted by Gasteiger charge is -2.09. The molecule has 1 aromatic carbocycles. The Kier molecular flexibility index (Phi) is 4.80. The molecule has 3 rings (SSSR count). The predicted octanol–water partition coefficient (Wildman–Crippen LogP) is 2.08. The number of amides is 1. The van der Waals surface area contributed by atoms with Gasteiger partial charge in [-0.25, -0.2) is 4.98 Å². The first-order valence-electron chi connectivity index (χ1n) is 7.90. The van der Waals surface area contributed by atoms with E-state index in [9.17, 15) is 9.59 Å². The Hall–Kier alpha value is -2.41. The first-order chi connectivity index (χ1) is 11.6. The number of para-hydroxylation sites is 2. The molecule has 0 unspecified atom stereocenters. The Balaban J connectivity index is 1.53. The van der Waals surface area contributed by atoms with Crippen LogP contribution in [0.4, 0.5) is 0 Å². The minimum atomic E-state index is -0.0467. The molecule has 0 spiro atoms. The smallest absolute Gasteiger partial charge is 0.307 e. The van der Waals surface area contributed by atoms with Gasteiger partial charge in [-0.3, -0.25) is 9.59 Å². The van der Waals surface area contributed by atoms with Crippen LogP contribution in [-0.4, -0.2) is 26.6 Å². The quantitative estimate of drug-likeness (QED) is 0.744. The Morgan fingerprint density at radius 2 is 2.00 bits per heavy atom. The van der Waals surface area contributed by atoms with Gasteiger partial charge in [0, 0.05) is 37.1 Å². The molecular weight excluding hydrogens is 324 g/mol. The first kappa shape index (κ1) is 16.4. The number of nitrogens with zero attached hydrogens (tertiary/aromatic N) is 3. The molecule has 0 aliphatic rings. The molecule has 2 aromatic heterocycles. The molecule has 0 aliphatic heterocycles. The number of fused-ring (bicyclic) bond motifs is 1. The van der Waals surface area contributed by atoms with Gasteiger partial charge in [0.25, 0.3) is 0 Å². The van der Waals surface area contributed by atoms with Gasteiger partial charge < -0.3 is 14.5 Å². The number of aryl methyl sites for hydroxylation is 2. The number of carbonyl (C=O) groups is 1. The second kappa shape index (κ2) is 7.00. The summed E-state index contributed by atoms with van der Waals surface area (Å²) in [6, 6.07) is 7.97. The van der Waals surface area contributed by atoms with E-state index in [0.29, 0.717) is 26.1 Å². The van der Waals surface area contributed by atoms with Crippen molar-refractivity contribution in [2.75, 3.05) is 6.54 Å². The summed E-state index contributed by atoms with van der Waals surface area (Å²) in [5.74, 6) is 0.889. The predicted molar refractivity (Wildman–Crippen MR) is 95.4 cm³/mol. The van der Waals surface area contributed by atoms with Crippen LogP contribution < -0.4 is 10.2 Å². The fraction of sp³-hybridized carbons (Fsp3) is 0.353. The summed E-state index contributed by atoms with van der Waals surface area (Å²) in [5, 5.41) is 4.73. The largest absolute Gasteiger partial charge is 0.354 e. The van der Waals surface area contributed by atoms with Crippen LogP contribution >= 0.6 is 11.3 Å². The van der Waals surface area contributed by atoms with E-state index in [1.165, 1.54) is 11.3 Å². The maximum absolute atomic E-state index is 12.0. The lowest BCUT2D eigenvalue weighted by molar-refractivity contribution is -0.121. The van der Waals surface area contributed by atoms with E-state index >= 15 is 0 Å². The summed E-state index contributed by atoms with van der Waals surface area (Å²) in [6.07, 6.45) is 0.307. The first-order valence-corrected chi connectivity index (χ1v) is 8.77. The van der Waals surface area contributed by atoms with Gasteiger partial charge in [-0.2, -0.15) is 0 Å². The van der Waals surface area contributed by atoms with E-state index in [-0.39, 0.29) is 10.8 Å². The summed E-state index contributed by atoms with van der Waals surface area (Å²) in [7, 11) is 0. The van der Waals surface area contributed by atoms with Gasteiger partial charge in [0.2, 0.25) is 5.91 Å². The van der Waals surface area contributed by atoms with E-state index in [1.54, 1.807) is 4.57 Å². The van der Waals surface area contributed by atoms with Crippen molar-refractivity contribution in [2.24, 2.45) is 0 Å². The summed E-state index contributed by atoms with van der Waals surface area (Å²) < 4.78 is 3.74. The minimum Gasteiger partial charge on any atom is -0.354 e. The van der Waals surface area contributed by atoms with Crippen molar-refractivity contribution in [3.63, 3.8) is 0 Å². The van der Waals surface area contributed by atoms with Crippen LogP contribution in [0.1, 0.15) is 17.9 Å². The van der Waals surface area contributed by atoms with Crippen molar-refractivity contribution in [2.45, 2.75) is 33.4 Å². The average molecular weight is 344 g/mol. The third-order valence-electron chi connectivity index (χ3n) is 4.04. The molecule has 1 amide bonds. The van der Waals surface area contributed by atoms with Gasteiger partial charge in [0.1, 0.15) is 5.82 Å². The number of imidazole rings is 1. The Morgan fingerprint density at radius 3 is 2.75 bits per heavy atom. The van der Waals surface area contributed by atoms with E-state index in [0.717, 1.165) is 22.6 Å². The van der Waals surface area contributed by atoms with Crippen molar-refractivity contribution < 1.29 is 4.79 Å². The van der Waals surface area contributed by atoms with Crippen LogP contribution in [0.25, 0.3) is 11.0 Å². The fourth-order valence-electron chi connectivity index (χ4n) is 2.76. The molecule has 0 fully saturated rings. The molecule has 1 N–H and O–H groups in total. The van der Waals surface area contributed by atoms with Crippen LogP contribution in [0.15, 0.2) is 34.4 Å². The van der Waals surface area contributed by atoms with Crippen LogP contribution in [0.5, 0.6) is 0 Å². The van der Waals surface area contributed by atoms with E-state index in [1.807, 2.05) is 43.5 Å². The third-order valence-corrected chi connectivity index (χ3v) is 4.92. The molecule has 126 valence electrons. The van der Waals surface area contributed by atoms with Gasteiger partial charge >= 0.3 is 4.87 Å². The zero-order valence-electron chi connectivity index (χ0n) is 13.8. The van der Waals surface area contributed by atoms with E-state index < -0.39 is 0 Å². The van der Waals surface area contributed by atoms with Crippen molar-refractivity contribution in [1.29, 1.82) is 0 Å². The number of rotatable bonds is 6. The summed E-state index contributed by atoms with van der Waals surface area (Å²) in [6.45, 7) is 5.48. The molecule has 6 nitrogen and oxygen atoms in total. The van der Waals surface area contributed by atoms with Crippen molar-refractivity contribution in [1.82, 2.24) is 19.4 Å². The van der Waals surface area contributed by atoms with E-state index in [4.69, 9.17) is 0 Å². The highest BCUT2D eigenvalue weighted by atomic mass is 32.1. The van der Waals surface area contributed by atoms with Crippen molar-refractivity contribution in [3.05, 3.63) is 50.8 Å². The highest BCUT2D eigenvalue weighted by molar-refractivity contribution is 7.07. The zero-order valence-corrected chi connectivity index (χ0v) is 14.6. The highest BCUT2D eigenvalue weighted by Gasteiger charge is 2.08. The molecule has 0 saturated carbocycles. The van der Waals surface area contributed by atoms with Crippen molar-refractivity contribution in [3.8, 4) is 0 Å². The van der Waals surface area contributed by atoms with Crippen molar-refractivity contribution >= 4 is 28.3 Å². The number of nitrogens with one attached hydrogen (secondary N) is 1. The van der Waals surface area contributed by atoms with Gasteiger partial charge in [0.05, 0.1) is 11.0 Å². The fourth-order valence-corrected chi connectivity index (χ4v) is 3.52. The number of thiazole rings is 1.